The van der Waals surface area contributed by atoms with Crippen molar-refractivity contribution >= 4 is 35.3 Å². The molecule has 1 heterocycles. The van der Waals surface area contributed by atoms with E-state index in [1.165, 1.54) is 11.8 Å². The van der Waals surface area contributed by atoms with Crippen LogP contribution in [0, 0.1) is 0 Å². The van der Waals surface area contributed by atoms with E-state index in [1.54, 1.807) is 13.8 Å². The van der Waals surface area contributed by atoms with Crippen LogP contribution in [-0.2, 0) is 0 Å². The molecule has 0 aliphatic carbocycles. The predicted octanol–water partition coefficient (Wildman–Crippen LogP) is 5.23. The maximum atomic E-state index is 12.3. The van der Waals surface area contributed by atoms with Crippen molar-refractivity contribution in [2.45, 2.75) is 29.6 Å². The average Bonchev–Trinajstić information content (AvgIpc) is 1.95. The first-order valence-corrected chi connectivity index (χ1v) is 7.02. The van der Waals surface area contributed by atoms with Crippen LogP contribution in [0.3, 0.4) is 0 Å². The van der Waals surface area contributed by atoms with Gasteiger partial charge in [-0.1, -0.05) is 30.4 Å². The highest BCUT2D eigenvalue weighted by molar-refractivity contribution is 8.48. The average molecular weight is 314 g/mol. The summed E-state index contributed by atoms with van der Waals surface area (Å²) in [5.74, 6) is 0.636. The molecule has 0 bridgehead atoms. The van der Waals surface area contributed by atoms with Gasteiger partial charge in [-0.2, -0.15) is 26.3 Å². The van der Waals surface area contributed by atoms with Crippen molar-refractivity contribution in [1.82, 2.24) is 0 Å². The van der Waals surface area contributed by atoms with E-state index >= 15 is 0 Å². The van der Waals surface area contributed by atoms with Gasteiger partial charge < -0.3 is 0 Å². The number of halogens is 6. The maximum absolute atomic E-state index is 12.3. The Kier molecular flexibility index (Phi) is 4.36. The molecule has 1 aliphatic rings. The Morgan fingerprint density at radius 3 is 1.82 bits per heavy atom. The lowest BCUT2D eigenvalue weighted by Crippen LogP contribution is -2.31. The summed E-state index contributed by atoms with van der Waals surface area (Å²) in [6, 6.07) is 0. The third-order valence-corrected chi connectivity index (χ3v) is 6.27. The summed E-state index contributed by atoms with van der Waals surface area (Å²) in [6.07, 6.45) is -10.7. The zero-order valence-electron chi connectivity index (χ0n) is 8.70. The lowest BCUT2D eigenvalue weighted by molar-refractivity contribution is -0.171. The second-order valence-electron chi connectivity index (χ2n) is 3.16. The molecule has 0 unspecified atom stereocenters. The summed E-state index contributed by atoms with van der Waals surface area (Å²) >= 11 is 2.58. The van der Waals surface area contributed by atoms with Crippen molar-refractivity contribution < 1.29 is 26.3 Å². The molecule has 0 saturated carbocycles. The Bertz CT molecular complexity index is 305. The predicted molar refractivity (Wildman–Crippen MR) is 60.9 cm³/mol. The standard InChI is InChI=1S/C8H8F6S3/c1-3-15-6(2)16-5(17-6)4(7(9,10)11)8(12,13)14/h3H2,1-2H3. The first kappa shape index (κ1) is 15.4. The quantitative estimate of drug-likeness (QED) is 0.641. The van der Waals surface area contributed by atoms with Crippen molar-refractivity contribution in [3.63, 3.8) is 0 Å². The van der Waals surface area contributed by atoms with Crippen LogP contribution < -0.4 is 0 Å². The van der Waals surface area contributed by atoms with E-state index in [-0.39, 0.29) is 0 Å². The van der Waals surface area contributed by atoms with E-state index in [2.05, 4.69) is 0 Å². The summed E-state index contributed by atoms with van der Waals surface area (Å²) in [6.45, 7) is 3.41. The van der Waals surface area contributed by atoms with Gasteiger partial charge in [-0.25, -0.2) is 0 Å². The Morgan fingerprint density at radius 1 is 1.12 bits per heavy atom. The molecule has 1 rings (SSSR count). The van der Waals surface area contributed by atoms with Gasteiger partial charge in [0.15, 0.2) is 5.57 Å². The fraction of sp³-hybridized carbons (Fsp3) is 0.750. The number of thioether (sulfide) groups is 3. The topological polar surface area (TPSA) is 0 Å². The Balaban J connectivity index is 2.96. The van der Waals surface area contributed by atoms with Crippen LogP contribution in [0.4, 0.5) is 26.3 Å². The van der Waals surface area contributed by atoms with Crippen molar-refractivity contribution in [2.75, 3.05) is 5.75 Å². The van der Waals surface area contributed by atoms with Gasteiger partial charge in [-0.15, -0.1) is 11.8 Å². The van der Waals surface area contributed by atoms with E-state index in [4.69, 9.17) is 0 Å². The highest BCUT2D eigenvalue weighted by Gasteiger charge is 2.57. The molecular weight excluding hydrogens is 306 g/mol. The molecule has 1 aliphatic heterocycles. The normalized spacial score (nSPS) is 25.8. The Hall–Kier alpha value is 0.370. The molecule has 0 amide bonds. The van der Waals surface area contributed by atoms with Gasteiger partial charge in [0.25, 0.3) is 0 Å². The molecule has 0 nitrogen and oxygen atoms in total. The molecule has 0 spiro atoms. The lowest BCUT2D eigenvalue weighted by Gasteiger charge is -2.39. The molecule has 0 aromatic rings. The summed E-state index contributed by atoms with van der Waals surface area (Å²) in [7, 11) is 0. The van der Waals surface area contributed by atoms with Crippen LogP contribution in [0.2, 0.25) is 0 Å². The molecule has 9 heteroatoms. The Morgan fingerprint density at radius 2 is 1.53 bits per heavy atom. The first-order chi connectivity index (χ1) is 7.49. The number of hydrogen-bond acceptors (Lipinski definition) is 3. The van der Waals surface area contributed by atoms with Crippen LogP contribution >= 0.6 is 35.3 Å². The largest absolute Gasteiger partial charge is 0.422 e. The first-order valence-electron chi connectivity index (χ1n) is 4.40. The van der Waals surface area contributed by atoms with Crippen molar-refractivity contribution in [2.24, 2.45) is 0 Å². The van der Waals surface area contributed by atoms with Gasteiger partial charge in [0.2, 0.25) is 0 Å². The fourth-order valence-corrected chi connectivity index (χ4v) is 6.29. The van der Waals surface area contributed by atoms with Crippen LogP contribution in [0.5, 0.6) is 0 Å². The molecule has 1 fully saturated rings. The summed E-state index contributed by atoms with van der Waals surface area (Å²) in [5.41, 5.74) is -2.38. The molecule has 0 aromatic heterocycles. The number of alkyl halides is 6. The smallest absolute Gasteiger partial charge is 0.166 e. The van der Waals surface area contributed by atoms with E-state index < -0.39 is 25.6 Å². The lowest BCUT2D eigenvalue weighted by atomic mass is 10.3. The number of rotatable bonds is 2. The van der Waals surface area contributed by atoms with Crippen molar-refractivity contribution in [1.29, 1.82) is 0 Å². The van der Waals surface area contributed by atoms with E-state index in [1.807, 2.05) is 0 Å². The molecule has 1 saturated heterocycles. The van der Waals surface area contributed by atoms with Crippen molar-refractivity contribution in [3.05, 3.63) is 9.81 Å². The van der Waals surface area contributed by atoms with Gasteiger partial charge in [-0.3, -0.25) is 0 Å². The minimum absolute atomic E-state index is 0.628. The minimum atomic E-state index is -5.36. The summed E-state index contributed by atoms with van der Waals surface area (Å²) < 4.78 is 72.5. The molecule has 0 atom stereocenters. The van der Waals surface area contributed by atoms with Gasteiger partial charge >= 0.3 is 12.4 Å². The van der Waals surface area contributed by atoms with E-state index in [0.29, 0.717) is 29.3 Å². The monoisotopic (exact) mass is 314 g/mol. The van der Waals surface area contributed by atoms with E-state index in [9.17, 15) is 26.3 Å². The van der Waals surface area contributed by atoms with Crippen LogP contribution in [-0.4, -0.2) is 21.5 Å². The third-order valence-electron chi connectivity index (χ3n) is 1.73. The molecule has 0 aromatic carbocycles. The third kappa shape index (κ3) is 3.66. The SMILES string of the molecule is CCSC1(C)SC(=C(C(F)(F)F)C(F)(F)F)S1. The number of hydrogen-bond donors (Lipinski definition) is 0. The molecule has 0 N–H and O–H groups in total. The molecular formula is C8H8F6S3. The highest BCUT2D eigenvalue weighted by atomic mass is 32.3. The van der Waals surface area contributed by atoms with Crippen LogP contribution in [0.15, 0.2) is 9.81 Å². The number of allylic oxidation sites excluding steroid dienone is 1. The highest BCUT2D eigenvalue weighted by Crippen LogP contribution is 2.68. The molecule has 0 radical (unpaired) electrons. The Labute approximate surface area is 107 Å². The molecule has 17 heavy (non-hydrogen) atoms. The zero-order valence-corrected chi connectivity index (χ0v) is 11.1. The van der Waals surface area contributed by atoms with Crippen molar-refractivity contribution in [3.8, 4) is 0 Å². The second kappa shape index (κ2) is 4.80. The minimum Gasteiger partial charge on any atom is -0.166 e. The summed E-state index contributed by atoms with van der Waals surface area (Å²) in [4.78, 5) is 0. The fourth-order valence-electron chi connectivity index (χ4n) is 1.16. The zero-order chi connectivity index (χ0) is 13.5. The van der Waals surface area contributed by atoms with Gasteiger partial charge in [-0.05, 0) is 12.7 Å². The van der Waals surface area contributed by atoms with Gasteiger partial charge in [0.05, 0.1) is 4.24 Å². The molecule has 100 valence electrons. The maximum Gasteiger partial charge on any atom is 0.422 e. The second-order valence-corrected chi connectivity index (χ2v) is 8.73. The van der Waals surface area contributed by atoms with Gasteiger partial charge in [0, 0.05) is 0 Å². The van der Waals surface area contributed by atoms with Crippen LogP contribution in [0.25, 0.3) is 0 Å². The van der Waals surface area contributed by atoms with Crippen LogP contribution in [0.1, 0.15) is 13.8 Å². The summed E-state index contributed by atoms with van der Waals surface area (Å²) in [5, 5.41) is 0. The van der Waals surface area contributed by atoms with E-state index in [0.717, 1.165) is 0 Å². The van der Waals surface area contributed by atoms with Gasteiger partial charge in [0.1, 0.15) is 3.41 Å².